The highest BCUT2D eigenvalue weighted by atomic mass is 32.2. The van der Waals surface area contributed by atoms with Gasteiger partial charge in [0.05, 0.1) is 4.90 Å². The number of piperidine rings is 1. The summed E-state index contributed by atoms with van der Waals surface area (Å²) in [7, 11) is -3.72. The van der Waals surface area contributed by atoms with Gasteiger partial charge in [-0.05, 0) is 105 Å². The first-order chi connectivity index (χ1) is 15.8. The van der Waals surface area contributed by atoms with Crippen molar-refractivity contribution in [3.8, 4) is 0 Å². The maximum Gasteiger partial charge on any atom is 0.261 e. The number of carbonyl (C=O) groups is 1. The van der Waals surface area contributed by atoms with E-state index in [4.69, 9.17) is 0 Å². The lowest BCUT2D eigenvalue weighted by atomic mass is 10.1. The molecule has 1 aliphatic rings. The molecule has 0 saturated carbocycles. The molecule has 1 amide bonds. The van der Waals surface area contributed by atoms with Crippen molar-refractivity contribution >= 4 is 33.0 Å². The predicted molar refractivity (Wildman–Crippen MR) is 134 cm³/mol. The van der Waals surface area contributed by atoms with Crippen LogP contribution in [-0.4, -0.2) is 27.4 Å². The van der Waals surface area contributed by atoms with Crippen molar-refractivity contribution in [2.24, 2.45) is 0 Å². The first-order valence-corrected chi connectivity index (χ1v) is 12.7. The normalized spacial score (nSPS) is 14.1. The van der Waals surface area contributed by atoms with Crippen LogP contribution in [-0.2, 0) is 10.0 Å². The second-order valence-electron chi connectivity index (χ2n) is 8.48. The highest BCUT2D eigenvalue weighted by molar-refractivity contribution is 7.92. The molecule has 0 atom stereocenters. The van der Waals surface area contributed by atoms with Crippen molar-refractivity contribution in [1.29, 1.82) is 0 Å². The van der Waals surface area contributed by atoms with E-state index in [0.717, 1.165) is 29.9 Å². The molecular weight excluding hydrogens is 434 g/mol. The Labute approximate surface area is 195 Å². The molecule has 0 spiro atoms. The molecule has 0 bridgehead atoms. The number of nitrogens with zero attached hydrogens (tertiary/aromatic N) is 1. The molecule has 6 nitrogen and oxygen atoms in total. The van der Waals surface area contributed by atoms with Gasteiger partial charge in [0.25, 0.3) is 15.9 Å². The van der Waals surface area contributed by atoms with Crippen LogP contribution in [0, 0.1) is 13.8 Å². The van der Waals surface area contributed by atoms with Crippen LogP contribution in [0.15, 0.2) is 71.6 Å². The lowest BCUT2D eigenvalue weighted by molar-refractivity contribution is 0.102. The maximum atomic E-state index is 12.7. The van der Waals surface area contributed by atoms with Gasteiger partial charge in [0.2, 0.25) is 0 Å². The van der Waals surface area contributed by atoms with E-state index in [1.54, 1.807) is 24.3 Å². The quantitative estimate of drug-likeness (QED) is 0.517. The zero-order valence-electron chi connectivity index (χ0n) is 19.0. The second-order valence-corrected chi connectivity index (χ2v) is 10.2. The molecule has 1 fully saturated rings. The third-order valence-corrected chi connectivity index (χ3v) is 7.43. The Morgan fingerprint density at radius 1 is 0.788 bits per heavy atom. The first-order valence-electron chi connectivity index (χ1n) is 11.2. The minimum absolute atomic E-state index is 0.129. The second kappa shape index (κ2) is 9.67. The van der Waals surface area contributed by atoms with Crippen LogP contribution in [0.25, 0.3) is 0 Å². The van der Waals surface area contributed by atoms with E-state index in [1.165, 1.54) is 31.4 Å². The minimum Gasteiger partial charge on any atom is -0.372 e. The Kier molecular flexibility index (Phi) is 6.70. The maximum absolute atomic E-state index is 12.7. The summed E-state index contributed by atoms with van der Waals surface area (Å²) in [5, 5.41) is 2.83. The SMILES string of the molecule is Cc1ccc(NS(=O)(=O)c2ccc(NC(=O)c3ccc(N4CCCCC4)cc3)cc2)cc1C. The fraction of sp³-hybridized carbons (Fsp3) is 0.269. The van der Waals surface area contributed by atoms with Gasteiger partial charge in [-0.2, -0.15) is 0 Å². The molecule has 1 aliphatic heterocycles. The molecule has 0 radical (unpaired) electrons. The number of sulfonamides is 1. The topological polar surface area (TPSA) is 78.5 Å². The van der Waals surface area contributed by atoms with E-state index in [9.17, 15) is 13.2 Å². The summed E-state index contributed by atoms with van der Waals surface area (Å²) < 4.78 is 28.0. The number of anilines is 3. The van der Waals surface area contributed by atoms with Crippen molar-refractivity contribution in [3.63, 3.8) is 0 Å². The van der Waals surface area contributed by atoms with Crippen molar-refractivity contribution in [3.05, 3.63) is 83.4 Å². The number of aryl methyl sites for hydroxylation is 2. The molecular formula is C26H29N3O3S. The summed E-state index contributed by atoms with van der Waals surface area (Å²) in [4.78, 5) is 15.1. The fourth-order valence-electron chi connectivity index (χ4n) is 3.92. The van der Waals surface area contributed by atoms with Crippen LogP contribution in [0.1, 0.15) is 40.7 Å². The van der Waals surface area contributed by atoms with Gasteiger partial charge < -0.3 is 10.2 Å². The van der Waals surface area contributed by atoms with Crippen LogP contribution in [0.5, 0.6) is 0 Å². The van der Waals surface area contributed by atoms with Gasteiger partial charge in [0.1, 0.15) is 0 Å². The summed E-state index contributed by atoms with van der Waals surface area (Å²) in [5.41, 5.74) is 4.85. The number of nitrogens with one attached hydrogen (secondary N) is 2. The summed E-state index contributed by atoms with van der Waals surface area (Å²) in [5.74, 6) is -0.232. The zero-order valence-corrected chi connectivity index (χ0v) is 19.8. The molecule has 2 N–H and O–H groups in total. The van der Waals surface area contributed by atoms with Gasteiger partial charge in [-0.25, -0.2) is 8.42 Å². The number of amides is 1. The minimum atomic E-state index is -3.72. The average molecular weight is 464 g/mol. The lowest BCUT2D eigenvalue weighted by Gasteiger charge is -2.28. The summed E-state index contributed by atoms with van der Waals surface area (Å²) in [6.45, 7) is 6.02. The molecule has 1 saturated heterocycles. The smallest absolute Gasteiger partial charge is 0.261 e. The van der Waals surface area contributed by atoms with Gasteiger partial charge in [-0.15, -0.1) is 0 Å². The van der Waals surface area contributed by atoms with Crippen molar-refractivity contribution in [2.75, 3.05) is 28.0 Å². The highest BCUT2D eigenvalue weighted by Gasteiger charge is 2.16. The Bertz CT molecular complexity index is 1230. The van der Waals surface area contributed by atoms with Gasteiger partial charge in [-0.3, -0.25) is 9.52 Å². The van der Waals surface area contributed by atoms with Crippen molar-refractivity contribution in [1.82, 2.24) is 0 Å². The van der Waals surface area contributed by atoms with E-state index in [2.05, 4.69) is 14.9 Å². The summed E-state index contributed by atoms with van der Waals surface area (Å²) >= 11 is 0. The summed E-state index contributed by atoms with van der Waals surface area (Å²) in [6.07, 6.45) is 3.68. The standard InChI is InChI=1S/C26H29N3O3S/c1-19-6-9-23(18-20(19)2)28-33(31,32)25-14-10-22(11-15-25)27-26(30)21-7-12-24(13-8-21)29-16-4-3-5-17-29/h6-15,18,28H,3-5,16-17H2,1-2H3,(H,27,30). The monoisotopic (exact) mass is 463 g/mol. The Morgan fingerprint density at radius 3 is 2.06 bits per heavy atom. The number of carbonyl (C=O) groups excluding carboxylic acids is 1. The van der Waals surface area contributed by atoms with E-state index in [0.29, 0.717) is 16.9 Å². The van der Waals surface area contributed by atoms with Crippen LogP contribution in [0.3, 0.4) is 0 Å². The van der Waals surface area contributed by atoms with E-state index in [-0.39, 0.29) is 10.8 Å². The fourth-order valence-corrected chi connectivity index (χ4v) is 4.96. The van der Waals surface area contributed by atoms with Crippen molar-refractivity contribution in [2.45, 2.75) is 38.0 Å². The van der Waals surface area contributed by atoms with Gasteiger partial charge in [0, 0.05) is 35.7 Å². The molecule has 0 unspecified atom stereocenters. The Balaban J connectivity index is 1.40. The van der Waals surface area contributed by atoms with E-state index in [1.807, 2.05) is 44.2 Å². The number of benzene rings is 3. The van der Waals surface area contributed by atoms with Crippen LogP contribution < -0.4 is 14.9 Å². The molecule has 4 rings (SSSR count). The van der Waals surface area contributed by atoms with Crippen LogP contribution in [0.2, 0.25) is 0 Å². The first kappa shape index (κ1) is 22.9. The lowest BCUT2D eigenvalue weighted by Crippen LogP contribution is -2.29. The summed E-state index contributed by atoms with van der Waals surface area (Å²) in [6, 6.07) is 19.2. The molecule has 1 heterocycles. The molecule has 172 valence electrons. The van der Waals surface area contributed by atoms with Gasteiger partial charge in [-0.1, -0.05) is 6.07 Å². The molecule has 7 heteroatoms. The molecule has 3 aromatic carbocycles. The molecule has 0 aliphatic carbocycles. The third kappa shape index (κ3) is 5.54. The van der Waals surface area contributed by atoms with Gasteiger partial charge in [0.15, 0.2) is 0 Å². The highest BCUT2D eigenvalue weighted by Crippen LogP contribution is 2.22. The van der Waals surface area contributed by atoms with Crippen molar-refractivity contribution < 1.29 is 13.2 Å². The third-order valence-electron chi connectivity index (χ3n) is 6.03. The molecule has 0 aromatic heterocycles. The average Bonchev–Trinajstić information content (AvgIpc) is 2.82. The number of hydrogen-bond donors (Lipinski definition) is 2. The Morgan fingerprint density at radius 2 is 1.42 bits per heavy atom. The largest absolute Gasteiger partial charge is 0.372 e. The van der Waals surface area contributed by atoms with E-state index >= 15 is 0 Å². The molecule has 3 aromatic rings. The predicted octanol–water partition coefficient (Wildman–Crippen LogP) is 5.35. The van der Waals surface area contributed by atoms with Crippen LogP contribution >= 0.6 is 0 Å². The van der Waals surface area contributed by atoms with Crippen LogP contribution in [0.4, 0.5) is 17.1 Å². The zero-order chi connectivity index (χ0) is 23.4. The Hall–Kier alpha value is -3.32. The van der Waals surface area contributed by atoms with Gasteiger partial charge >= 0.3 is 0 Å². The number of hydrogen-bond acceptors (Lipinski definition) is 4. The van der Waals surface area contributed by atoms with E-state index < -0.39 is 10.0 Å². The number of rotatable bonds is 6. The molecule has 33 heavy (non-hydrogen) atoms.